The van der Waals surface area contributed by atoms with Gasteiger partial charge in [0, 0.05) is 21.9 Å². The molecule has 0 aliphatic heterocycles. The summed E-state index contributed by atoms with van der Waals surface area (Å²) in [6.07, 6.45) is 0. The maximum Gasteiger partial charge on any atom is 0.246 e. The van der Waals surface area contributed by atoms with Crippen LogP contribution in [0.3, 0.4) is 0 Å². The van der Waals surface area contributed by atoms with Gasteiger partial charge in [0.25, 0.3) is 0 Å². The number of rotatable bonds is 8. The van der Waals surface area contributed by atoms with E-state index in [1.165, 1.54) is 0 Å². The molecule has 31 heavy (non-hydrogen) atoms. The molecule has 7 heteroatoms. The number of benzene rings is 3. The topological polar surface area (TPSA) is 79.5 Å². The first kappa shape index (κ1) is 22.5. The monoisotopic (exact) mass is 481 g/mol. The maximum atomic E-state index is 13.0. The molecule has 3 aromatic carbocycles. The zero-order chi connectivity index (χ0) is 22.2. The molecule has 2 amide bonds. The highest BCUT2D eigenvalue weighted by Gasteiger charge is 2.21. The predicted molar refractivity (Wildman–Crippen MR) is 126 cm³/mol. The van der Waals surface area contributed by atoms with E-state index in [2.05, 4.69) is 31.9 Å². The molecule has 160 valence electrons. The number of hydrogen-bond acceptors (Lipinski definition) is 4. The number of methoxy groups -OCH3 is 1. The van der Waals surface area contributed by atoms with Crippen molar-refractivity contribution >= 4 is 39.1 Å². The van der Waals surface area contributed by atoms with Gasteiger partial charge in [-0.25, -0.2) is 0 Å². The average molecular weight is 482 g/mol. The zero-order valence-corrected chi connectivity index (χ0v) is 18.9. The number of carbonyl (C=O) groups is 2. The third-order valence-corrected chi connectivity index (χ3v) is 5.15. The minimum absolute atomic E-state index is 0.0272. The van der Waals surface area contributed by atoms with Crippen LogP contribution >= 0.6 is 15.9 Å². The fraction of sp³-hybridized carbons (Fsp3) is 0.167. The summed E-state index contributed by atoms with van der Waals surface area (Å²) in [6, 6.07) is 21.3. The molecule has 0 fully saturated rings. The SMILES string of the molecule is COc1cccc(NC(=O)[C@H](NCC(=O)Nc2ccc(Br)cc2C)c2ccccc2)c1. The summed E-state index contributed by atoms with van der Waals surface area (Å²) >= 11 is 3.41. The molecule has 0 radical (unpaired) electrons. The van der Waals surface area contributed by atoms with Gasteiger partial charge in [0.15, 0.2) is 0 Å². The first-order valence-electron chi connectivity index (χ1n) is 9.75. The van der Waals surface area contributed by atoms with Gasteiger partial charge >= 0.3 is 0 Å². The lowest BCUT2D eigenvalue weighted by atomic mass is 10.1. The van der Waals surface area contributed by atoms with Gasteiger partial charge in [-0.1, -0.05) is 52.3 Å². The van der Waals surface area contributed by atoms with E-state index in [1.54, 1.807) is 31.4 Å². The number of halogens is 1. The lowest BCUT2D eigenvalue weighted by Gasteiger charge is -2.19. The average Bonchev–Trinajstić information content (AvgIpc) is 2.76. The van der Waals surface area contributed by atoms with E-state index in [0.29, 0.717) is 11.4 Å². The van der Waals surface area contributed by atoms with Crippen LogP contribution in [0.15, 0.2) is 77.3 Å². The Kier molecular flexibility index (Phi) is 7.81. The Balaban J connectivity index is 1.70. The highest BCUT2D eigenvalue weighted by Crippen LogP contribution is 2.21. The molecule has 0 saturated heterocycles. The molecular formula is C24H24BrN3O3. The van der Waals surface area contributed by atoms with Crippen LogP contribution in [-0.4, -0.2) is 25.5 Å². The third-order valence-electron chi connectivity index (χ3n) is 4.66. The Morgan fingerprint density at radius 2 is 1.74 bits per heavy atom. The molecule has 0 heterocycles. The van der Waals surface area contributed by atoms with E-state index in [1.807, 2.05) is 55.5 Å². The van der Waals surface area contributed by atoms with Crippen LogP contribution in [0, 0.1) is 6.92 Å². The van der Waals surface area contributed by atoms with Gasteiger partial charge in [-0.2, -0.15) is 0 Å². The molecule has 3 N–H and O–H groups in total. The largest absolute Gasteiger partial charge is 0.497 e. The van der Waals surface area contributed by atoms with E-state index >= 15 is 0 Å². The number of anilines is 2. The number of carbonyl (C=O) groups excluding carboxylic acids is 2. The fourth-order valence-corrected chi connectivity index (χ4v) is 3.55. The second-order valence-corrected chi connectivity index (χ2v) is 7.87. The number of hydrogen-bond donors (Lipinski definition) is 3. The van der Waals surface area contributed by atoms with Crippen molar-refractivity contribution in [3.05, 3.63) is 88.4 Å². The molecule has 3 rings (SSSR count). The summed E-state index contributed by atoms with van der Waals surface area (Å²) in [5.74, 6) is 0.138. The second kappa shape index (κ2) is 10.7. The summed E-state index contributed by atoms with van der Waals surface area (Å²) in [4.78, 5) is 25.5. The van der Waals surface area contributed by atoms with Gasteiger partial charge in [-0.05, 0) is 48.4 Å². The molecule has 0 unspecified atom stereocenters. The van der Waals surface area contributed by atoms with E-state index in [4.69, 9.17) is 4.74 Å². The van der Waals surface area contributed by atoms with Crippen molar-refractivity contribution in [2.24, 2.45) is 0 Å². The van der Waals surface area contributed by atoms with Crippen LogP contribution in [0.25, 0.3) is 0 Å². The summed E-state index contributed by atoms with van der Waals surface area (Å²) in [7, 11) is 1.57. The molecule has 0 bridgehead atoms. The molecule has 0 saturated carbocycles. The summed E-state index contributed by atoms with van der Waals surface area (Å²) in [6.45, 7) is 1.89. The fourth-order valence-electron chi connectivity index (χ4n) is 3.08. The zero-order valence-electron chi connectivity index (χ0n) is 17.3. The van der Waals surface area contributed by atoms with Crippen LogP contribution in [-0.2, 0) is 9.59 Å². The standard InChI is InChI=1S/C24H24BrN3O3/c1-16-13-18(25)11-12-21(16)28-22(29)15-26-23(17-7-4-3-5-8-17)24(30)27-19-9-6-10-20(14-19)31-2/h3-14,23,26H,15H2,1-2H3,(H,27,30)(H,28,29)/t23-/m1/s1. The van der Waals surface area contributed by atoms with E-state index in [9.17, 15) is 9.59 Å². The van der Waals surface area contributed by atoms with Crippen molar-refractivity contribution in [2.75, 3.05) is 24.3 Å². The molecule has 1 atom stereocenters. The van der Waals surface area contributed by atoms with E-state index in [0.717, 1.165) is 21.3 Å². The van der Waals surface area contributed by atoms with Crippen molar-refractivity contribution in [1.82, 2.24) is 5.32 Å². The lowest BCUT2D eigenvalue weighted by molar-refractivity contribution is -0.119. The smallest absolute Gasteiger partial charge is 0.246 e. The molecular weight excluding hydrogens is 458 g/mol. The van der Waals surface area contributed by atoms with E-state index < -0.39 is 6.04 Å². The van der Waals surface area contributed by atoms with Crippen LogP contribution in [0.5, 0.6) is 5.75 Å². The minimum atomic E-state index is -0.704. The van der Waals surface area contributed by atoms with Crippen LogP contribution in [0.4, 0.5) is 11.4 Å². The maximum absolute atomic E-state index is 13.0. The Labute approximate surface area is 190 Å². The summed E-state index contributed by atoms with van der Waals surface area (Å²) in [5.41, 5.74) is 3.04. The minimum Gasteiger partial charge on any atom is -0.497 e. The van der Waals surface area contributed by atoms with Gasteiger partial charge in [-0.3, -0.25) is 14.9 Å². The first-order valence-corrected chi connectivity index (χ1v) is 10.5. The van der Waals surface area contributed by atoms with Gasteiger partial charge in [-0.15, -0.1) is 0 Å². The Hall–Kier alpha value is -3.16. The number of ether oxygens (including phenoxy) is 1. The number of nitrogens with one attached hydrogen (secondary N) is 3. The summed E-state index contributed by atoms with van der Waals surface area (Å²) in [5, 5.41) is 8.83. The van der Waals surface area contributed by atoms with Crippen LogP contribution < -0.4 is 20.7 Å². The van der Waals surface area contributed by atoms with Gasteiger partial charge in [0.05, 0.1) is 13.7 Å². The molecule has 6 nitrogen and oxygen atoms in total. The Morgan fingerprint density at radius 3 is 2.45 bits per heavy atom. The second-order valence-electron chi connectivity index (χ2n) is 6.95. The van der Waals surface area contributed by atoms with Crippen LogP contribution in [0.1, 0.15) is 17.2 Å². The molecule has 3 aromatic rings. The highest BCUT2D eigenvalue weighted by atomic mass is 79.9. The lowest BCUT2D eigenvalue weighted by Crippen LogP contribution is -2.37. The quantitative estimate of drug-likeness (QED) is 0.436. The molecule has 0 spiro atoms. The van der Waals surface area contributed by atoms with Crippen molar-refractivity contribution in [3.8, 4) is 5.75 Å². The molecule has 0 aliphatic rings. The van der Waals surface area contributed by atoms with E-state index in [-0.39, 0.29) is 18.4 Å². The normalized spacial score (nSPS) is 11.5. The molecule has 0 aliphatic carbocycles. The van der Waals surface area contributed by atoms with Crippen molar-refractivity contribution in [1.29, 1.82) is 0 Å². The van der Waals surface area contributed by atoms with Gasteiger partial charge in [0.2, 0.25) is 11.8 Å². The van der Waals surface area contributed by atoms with Gasteiger partial charge < -0.3 is 15.4 Å². The Morgan fingerprint density at radius 1 is 0.968 bits per heavy atom. The Bertz CT molecular complexity index is 1060. The van der Waals surface area contributed by atoms with Crippen LogP contribution in [0.2, 0.25) is 0 Å². The predicted octanol–water partition coefficient (Wildman–Crippen LogP) is 4.67. The van der Waals surface area contributed by atoms with Crippen molar-refractivity contribution in [3.63, 3.8) is 0 Å². The van der Waals surface area contributed by atoms with Gasteiger partial charge in [0.1, 0.15) is 11.8 Å². The first-order chi connectivity index (χ1) is 15.0. The summed E-state index contributed by atoms with van der Waals surface area (Å²) < 4.78 is 6.16. The number of amides is 2. The highest BCUT2D eigenvalue weighted by molar-refractivity contribution is 9.10. The van der Waals surface area contributed by atoms with Crippen molar-refractivity contribution in [2.45, 2.75) is 13.0 Å². The molecule has 0 aromatic heterocycles. The third kappa shape index (κ3) is 6.41. The van der Waals surface area contributed by atoms with Crippen molar-refractivity contribution < 1.29 is 14.3 Å². The number of aryl methyl sites for hydroxylation is 1.